The molecular formula is C24H24Cl2O. The molecule has 1 fully saturated rings. The SMILES string of the molecule is CC(C)(C)C1C/C(=C\c2ccc(Cl)cc2)C(=O)/C(=C/c2ccc(Cl)cc2)C1. The van der Waals surface area contributed by atoms with Crippen LogP contribution in [0.4, 0.5) is 0 Å². The molecule has 27 heavy (non-hydrogen) atoms. The zero-order valence-electron chi connectivity index (χ0n) is 15.9. The largest absolute Gasteiger partial charge is 0.289 e. The Morgan fingerprint density at radius 3 is 1.48 bits per heavy atom. The van der Waals surface area contributed by atoms with Crippen LogP contribution in [0.2, 0.25) is 10.0 Å². The van der Waals surface area contributed by atoms with E-state index < -0.39 is 0 Å². The summed E-state index contributed by atoms with van der Waals surface area (Å²) in [6, 6.07) is 15.2. The van der Waals surface area contributed by atoms with Crippen LogP contribution in [-0.2, 0) is 4.79 Å². The predicted octanol–water partition coefficient (Wildman–Crippen LogP) is 7.49. The molecule has 0 spiro atoms. The number of Topliss-reactive ketones (excluding diaryl/α,β-unsaturated/α-hetero) is 1. The third-order valence-electron chi connectivity index (χ3n) is 5.16. The number of hydrogen-bond acceptors (Lipinski definition) is 1. The Morgan fingerprint density at radius 2 is 1.15 bits per heavy atom. The van der Waals surface area contributed by atoms with Crippen LogP contribution in [0, 0.1) is 11.3 Å². The minimum absolute atomic E-state index is 0.124. The average Bonchev–Trinajstić information content (AvgIpc) is 2.61. The van der Waals surface area contributed by atoms with Crippen LogP contribution in [0.1, 0.15) is 44.7 Å². The van der Waals surface area contributed by atoms with Gasteiger partial charge < -0.3 is 0 Å². The minimum Gasteiger partial charge on any atom is -0.289 e. The number of hydrogen-bond donors (Lipinski definition) is 0. The Bertz CT molecular complexity index is 814. The van der Waals surface area contributed by atoms with Gasteiger partial charge in [0.15, 0.2) is 5.78 Å². The lowest BCUT2D eigenvalue weighted by Gasteiger charge is -2.35. The van der Waals surface area contributed by atoms with Gasteiger partial charge in [0.25, 0.3) is 0 Å². The summed E-state index contributed by atoms with van der Waals surface area (Å²) in [6.45, 7) is 6.73. The van der Waals surface area contributed by atoms with E-state index in [0.717, 1.165) is 35.1 Å². The van der Waals surface area contributed by atoms with E-state index in [1.165, 1.54) is 0 Å². The third-order valence-corrected chi connectivity index (χ3v) is 5.67. The molecule has 0 aliphatic heterocycles. The van der Waals surface area contributed by atoms with Gasteiger partial charge >= 0.3 is 0 Å². The Balaban J connectivity index is 1.99. The zero-order valence-corrected chi connectivity index (χ0v) is 17.4. The molecule has 1 saturated carbocycles. The van der Waals surface area contributed by atoms with Gasteiger partial charge in [0, 0.05) is 21.2 Å². The number of rotatable bonds is 2. The maximum absolute atomic E-state index is 13.2. The number of allylic oxidation sites excluding steroid dienone is 2. The lowest BCUT2D eigenvalue weighted by molar-refractivity contribution is -0.113. The number of carbonyl (C=O) groups is 1. The molecule has 0 heterocycles. The van der Waals surface area contributed by atoms with E-state index in [-0.39, 0.29) is 11.2 Å². The van der Waals surface area contributed by atoms with Gasteiger partial charge in [-0.1, -0.05) is 68.2 Å². The van der Waals surface area contributed by atoms with Crippen molar-refractivity contribution in [3.63, 3.8) is 0 Å². The zero-order chi connectivity index (χ0) is 19.6. The van der Waals surface area contributed by atoms with Crippen LogP contribution in [0.15, 0.2) is 59.7 Å². The van der Waals surface area contributed by atoms with Crippen molar-refractivity contribution >= 4 is 41.1 Å². The second-order valence-electron chi connectivity index (χ2n) is 8.24. The van der Waals surface area contributed by atoms with E-state index in [0.29, 0.717) is 16.0 Å². The summed E-state index contributed by atoms with van der Waals surface area (Å²) in [5.41, 5.74) is 3.86. The normalized spacial score (nSPS) is 21.1. The molecule has 0 amide bonds. The molecule has 1 aliphatic carbocycles. The van der Waals surface area contributed by atoms with Crippen molar-refractivity contribution < 1.29 is 4.79 Å². The van der Waals surface area contributed by atoms with Crippen molar-refractivity contribution in [1.82, 2.24) is 0 Å². The summed E-state index contributed by atoms with van der Waals surface area (Å²) < 4.78 is 0. The molecule has 0 saturated heterocycles. The Labute approximate surface area is 171 Å². The maximum Gasteiger partial charge on any atom is 0.185 e. The van der Waals surface area contributed by atoms with E-state index in [2.05, 4.69) is 20.8 Å². The summed E-state index contributed by atoms with van der Waals surface area (Å²) in [5.74, 6) is 0.549. The van der Waals surface area contributed by atoms with Gasteiger partial charge in [-0.3, -0.25) is 4.79 Å². The van der Waals surface area contributed by atoms with Gasteiger partial charge in [0.2, 0.25) is 0 Å². The van der Waals surface area contributed by atoms with E-state index >= 15 is 0 Å². The van der Waals surface area contributed by atoms with Crippen molar-refractivity contribution in [3.05, 3.63) is 80.8 Å². The molecule has 1 nitrogen and oxygen atoms in total. The topological polar surface area (TPSA) is 17.1 Å². The van der Waals surface area contributed by atoms with Crippen molar-refractivity contribution in [3.8, 4) is 0 Å². The average molecular weight is 399 g/mol. The molecule has 0 bridgehead atoms. The molecule has 3 rings (SSSR count). The molecule has 3 heteroatoms. The highest BCUT2D eigenvalue weighted by molar-refractivity contribution is 6.30. The number of ketones is 1. The van der Waals surface area contributed by atoms with Crippen molar-refractivity contribution in [1.29, 1.82) is 0 Å². The van der Waals surface area contributed by atoms with E-state index in [1.807, 2.05) is 60.7 Å². The Kier molecular flexibility index (Phi) is 5.93. The quantitative estimate of drug-likeness (QED) is 0.478. The second kappa shape index (κ2) is 8.04. The molecule has 0 radical (unpaired) electrons. The molecule has 0 atom stereocenters. The predicted molar refractivity (Wildman–Crippen MR) is 116 cm³/mol. The molecule has 0 aromatic heterocycles. The van der Waals surface area contributed by atoms with E-state index in [4.69, 9.17) is 23.2 Å². The number of benzene rings is 2. The molecule has 140 valence electrons. The van der Waals surface area contributed by atoms with Gasteiger partial charge in [-0.2, -0.15) is 0 Å². The summed E-state index contributed by atoms with van der Waals surface area (Å²) in [7, 11) is 0. The maximum atomic E-state index is 13.2. The van der Waals surface area contributed by atoms with Crippen LogP contribution >= 0.6 is 23.2 Å². The van der Waals surface area contributed by atoms with Gasteiger partial charge in [-0.15, -0.1) is 0 Å². The molecule has 2 aromatic carbocycles. The van der Waals surface area contributed by atoms with Crippen LogP contribution in [-0.4, -0.2) is 5.78 Å². The molecule has 1 aliphatic rings. The Hall–Kier alpha value is -1.83. The van der Waals surface area contributed by atoms with Crippen molar-refractivity contribution in [2.24, 2.45) is 11.3 Å². The standard InChI is InChI=1S/C24H24Cl2O/c1-24(2,3)20-14-18(12-16-4-8-21(25)9-5-16)23(27)19(15-20)13-17-6-10-22(26)11-7-17/h4-13,20H,14-15H2,1-3H3/b18-12+,19-13+. The lowest BCUT2D eigenvalue weighted by Crippen LogP contribution is -2.29. The first-order valence-corrected chi connectivity index (χ1v) is 9.95. The fraction of sp³-hybridized carbons (Fsp3) is 0.292. The molecular weight excluding hydrogens is 375 g/mol. The first-order chi connectivity index (χ1) is 12.7. The first-order valence-electron chi connectivity index (χ1n) is 9.19. The number of carbonyl (C=O) groups excluding carboxylic acids is 1. The lowest BCUT2D eigenvalue weighted by atomic mass is 9.68. The van der Waals surface area contributed by atoms with E-state index in [1.54, 1.807) is 0 Å². The van der Waals surface area contributed by atoms with Crippen molar-refractivity contribution in [2.45, 2.75) is 33.6 Å². The highest BCUT2D eigenvalue weighted by Gasteiger charge is 2.34. The van der Waals surface area contributed by atoms with Gasteiger partial charge in [-0.25, -0.2) is 0 Å². The van der Waals surface area contributed by atoms with Crippen molar-refractivity contribution in [2.75, 3.05) is 0 Å². The second-order valence-corrected chi connectivity index (χ2v) is 9.12. The fourth-order valence-corrected chi connectivity index (χ4v) is 3.63. The summed E-state index contributed by atoms with van der Waals surface area (Å²) in [6.07, 6.45) is 5.60. The van der Waals surface area contributed by atoms with Gasteiger partial charge in [0.05, 0.1) is 0 Å². The van der Waals surface area contributed by atoms with Gasteiger partial charge in [0.1, 0.15) is 0 Å². The third kappa shape index (κ3) is 5.12. The van der Waals surface area contributed by atoms with Crippen LogP contribution < -0.4 is 0 Å². The van der Waals surface area contributed by atoms with Crippen LogP contribution in [0.3, 0.4) is 0 Å². The highest BCUT2D eigenvalue weighted by Crippen LogP contribution is 2.42. The smallest absolute Gasteiger partial charge is 0.185 e. The molecule has 0 unspecified atom stereocenters. The van der Waals surface area contributed by atoms with E-state index in [9.17, 15) is 4.79 Å². The highest BCUT2D eigenvalue weighted by atomic mass is 35.5. The van der Waals surface area contributed by atoms with Gasteiger partial charge in [-0.05, 0) is 71.7 Å². The summed E-state index contributed by atoms with van der Waals surface area (Å²) in [4.78, 5) is 13.2. The monoisotopic (exact) mass is 398 g/mol. The van der Waals surface area contributed by atoms with Crippen LogP contribution in [0.5, 0.6) is 0 Å². The molecule has 2 aromatic rings. The van der Waals surface area contributed by atoms with Crippen LogP contribution in [0.25, 0.3) is 12.2 Å². The summed E-state index contributed by atoms with van der Waals surface area (Å²) >= 11 is 12.0. The number of halogens is 2. The molecule has 0 N–H and O–H groups in total. The summed E-state index contributed by atoms with van der Waals surface area (Å²) in [5, 5.41) is 1.39. The minimum atomic E-state index is 0.124. The fourth-order valence-electron chi connectivity index (χ4n) is 3.38. The Morgan fingerprint density at radius 1 is 0.778 bits per heavy atom. The first kappa shape index (κ1) is 19.9.